The van der Waals surface area contributed by atoms with Crippen molar-refractivity contribution in [3.63, 3.8) is 0 Å². The molecule has 6 heteroatoms. The molecule has 6 nitrogen and oxygen atoms in total. The Morgan fingerprint density at radius 2 is 1.94 bits per heavy atom. The maximum Gasteiger partial charge on any atom is 0.255 e. The van der Waals surface area contributed by atoms with Crippen molar-refractivity contribution >= 4 is 17.5 Å². The van der Waals surface area contributed by atoms with Crippen LogP contribution in [0.1, 0.15) is 16.1 Å². The molecular weight excluding hydrogens is 232 g/mol. The van der Waals surface area contributed by atoms with E-state index in [-0.39, 0.29) is 18.4 Å². The average molecular weight is 250 g/mol. The number of hydrogen-bond acceptors (Lipinski definition) is 4. The summed E-state index contributed by atoms with van der Waals surface area (Å²) in [6.45, 7) is 1.76. The lowest BCUT2D eigenvalue weighted by atomic mass is 10.1. The SMILES string of the molecule is Cc1ncc(N)cc1C(=O)N(C)CC(=O)N(C)C. The lowest BCUT2D eigenvalue weighted by Gasteiger charge is -2.20. The van der Waals surface area contributed by atoms with Crippen molar-refractivity contribution < 1.29 is 9.59 Å². The van der Waals surface area contributed by atoms with Crippen LogP contribution < -0.4 is 5.73 Å². The molecule has 0 atom stereocenters. The summed E-state index contributed by atoms with van der Waals surface area (Å²) in [6, 6.07) is 1.57. The predicted molar refractivity (Wildman–Crippen MR) is 69.0 cm³/mol. The first-order chi connectivity index (χ1) is 8.32. The van der Waals surface area contributed by atoms with Crippen LogP contribution in [0.15, 0.2) is 12.3 Å². The van der Waals surface area contributed by atoms with E-state index in [1.807, 2.05) is 0 Å². The molecule has 0 spiro atoms. The van der Waals surface area contributed by atoms with Gasteiger partial charge in [0.1, 0.15) is 0 Å². The summed E-state index contributed by atoms with van der Waals surface area (Å²) in [5.74, 6) is -0.400. The normalized spacial score (nSPS) is 10.0. The van der Waals surface area contributed by atoms with Crippen molar-refractivity contribution in [3.05, 3.63) is 23.5 Å². The number of rotatable bonds is 3. The number of likely N-dealkylation sites (N-methyl/N-ethyl adjacent to an activating group) is 2. The van der Waals surface area contributed by atoms with Crippen LogP contribution in [0.5, 0.6) is 0 Å². The third-order valence-electron chi connectivity index (χ3n) is 2.56. The maximum absolute atomic E-state index is 12.1. The number of carbonyl (C=O) groups is 2. The molecule has 18 heavy (non-hydrogen) atoms. The van der Waals surface area contributed by atoms with Gasteiger partial charge in [0.05, 0.1) is 29.7 Å². The van der Waals surface area contributed by atoms with Crippen LogP contribution in [0.3, 0.4) is 0 Å². The van der Waals surface area contributed by atoms with Crippen LogP contribution >= 0.6 is 0 Å². The summed E-state index contributed by atoms with van der Waals surface area (Å²) < 4.78 is 0. The number of nitrogens with zero attached hydrogens (tertiary/aromatic N) is 3. The Balaban J connectivity index is 2.87. The van der Waals surface area contributed by atoms with Crippen molar-refractivity contribution in [3.8, 4) is 0 Å². The highest BCUT2D eigenvalue weighted by atomic mass is 16.2. The molecular formula is C12H18N4O2. The summed E-state index contributed by atoms with van der Waals surface area (Å²) in [5, 5.41) is 0. The number of amides is 2. The minimum absolute atomic E-state index is 0.0278. The van der Waals surface area contributed by atoms with Crippen molar-refractivity contribution in [2.45, 2.75) is 6.92 Å². The Morgan fingerprint density at radius 3 is 2.50 bits per heavy atom. The monoisotopic (exact) mass is 250 g/mol. The van der Waals surface area contributed by atoms with Gasteiger partial charge in [-0.1, -0.05) is 0 Å². The summed E-state index contributed by atoms with van der Waals surface area (Å²) in [7, 11) is 4.87. The third kappa shape index (κ3) is 3.19. The van der Waals surface area contributed by atoms with E-state index in [1.165, 1.54) is 16.0 Å². The summed E-state index contributed by atoms with van der Waals surface area (Å²) in [6.07, 6.45) is 1.50. The first kappa shape index (κ1) is 14.0. The van der Waals surface area contributed by atoms with Crippen LogP contribution in [0.25, 0.3) is 0 Å². The molecule has 1 heterocycles. The van der Waals surface area contributed by atoms with E-state index in [0.717, 1.165) is 0 Å². The molecule has 0 aliphatic heterocycles. The van der Waals surface area contributed by atoms with E-state index < -0.39 is 0 Å². The minimum Gasteiger partial charge on any atom is -0.397 e. The van der Waals surface area contributed by atoms with Gasteiger partial charge in [-0.3, -0.25) is 14.6 Å². The van der Waals surface area contributed by atoms with Gasteiger partial charge < -0.3 is 15.5 Å². The zero-order valence-electron chi connectivity index (χ0n) is 11.1. The van der Waals surface area contributed by atoms with Crippen LogP contribution in [0, 0.1) is 6.92 Å². The van der Waals surface area contributed by atoms with Crippen molar-refractivity contribution in [1.82, 2.24) is 14.8 Å². The molecule has 1 rings (SSSR count). The summed E-state index contributed by atoms with van der Waals surface area (Å²) in [4.78, 5) is 30.5. The number of nitrogen functional groups attached to an aromatic ring is 1. The molecule has 0 aliphatic carbocycles. The van der Waals surface area contributed by atoms with Gasteiger partial charge in [0.15, 0.2) is 0 Å². The second-order valence-corrected chi connectivity index (χ2v) is 4.35. The van der Waals surface area contributed by atoms with E-state index in [4.69, 9.17) is 5.73 Å². The first-order valence-corrected chi connectivity index (χ1v) is 5.50. The Kier molecular flexibility index (Phi) is 4.25. The highest BCUT2D eigenvalue weighted by molar-refractivity contribution is 5.97. The molecule has 2 amide bonds. The van der Waals surface area contributed by atoms with E-state index in [1.54, 1.807) is 34.1 Å². The zero-order chi connectivity index (χ0) is 13.9. The molecule has 1 aromatic heterocycles. The Bertz CT molecular complexity index is 471. The topological polar surface area (TPSA) is 79.5 Å². The zero-order valence-corrected chi connectivity index (χ0v) is 11.1. The molecule has 0 aliphatic rings. The molecule has 0 radical (unpaired) electrons. The Morgan fingerprint density at radius 1 is 1.33 bits per heavy atom. The lowest BCUT2D eigenvalue weighted by Crippen LogP contribution is -2.38. The van der Waals surface area contributed by atoms with E-state index >= 15 is 0 Å². The smallest absolute Gasteiger partial charge is 0.255 e. The van der Waals surface area contributed by atoms with Gasteiger partial charge in [-0.05, 0) is 13.0 Å². The number of carbonyl (C=O) groups excluding carboxylic acids is 2. The fraction of sp³-hybridized carbons (Fsp3) is 0.417. The molecule has 0 aromatic carbocycles. The highest BCUT2D eigenvalue weighted by Crippen LogP contribution is 2.11. The summed E-state index contributed by atoms with van der Waals surface area (Å²) in [5.41, 5.74) is 7.05. The molecule has 0 unspecified atom stereocenters. The van der Waals surface area contributed by atoms with Crippen LogP contribution in [-0.2, 0) is 4.79 Å². The van der Waals surface area contributed by atoms with Crippen molar-refractivity contribution in [2.24, 2.45) is 0 Å². The quantitative estimate of drug-likeness (QED) is 0.827. The minimum atomic E-state index is -0.262. The number of aromatic nitrogens is 1. The fourth-order valence-electron chi connectivity index (χ4n) is 1.39. The number of hydrogen-bond donors (Lipinski definition) is 1. The van der Waals surface area contributed by atoms with Gasteiger partial charge >= 0.3 is 0 Å². The third-order valence-corrected chi connectivity index (χ3v) is 2.56. The number of anilines is 1. The Labute approximate surface area is 106 Å². The van der Waals surface area contributed by atoms with Gasteiger partial charge in [0, 0.05) is 21.1 Å². The van der Waals surface area contributed by atoms with Gasteiger partial charge in [0.2, 0.25) is 5.91 Å². The van der Waals surface area contributed by atoms with Crippen LogP contribution in [0.4, 0.5) is 5.69 Å². The molecule has 0 saturated carbocycles. The standard InChI is InChI=1S/C12H18N4O2/c1-8-10(5-9(13)6-14-8)12(18)16(4)7-11(17)15(2)3/h5-6H,7,13H2,1-4H3. The number of aryl methyl sites for hydroxylation is 1. The molecule has 0 bridgehead atoms. The van der Waals surface area contributed by atoms with Crippen LogP contribution in [0.2, 0.25) is 0 Å². The first-order valence-electron chi connectivity index (χ1n) is 5.50. The predicted octanol–water partition coefficient (Wildman–Crippen LogP) is 0.132. The number of pyridine rings is 1. The second kappa shape index (κ2) is 5.48. The van der Waals surface area contributed by atoms with Gasteiger partial charge in [-0.15, -0.1) is 0 Å². The van der Waals surface area contributed by atoms with Crippen LogP contribution in [-0.4, -0.2) is 54.3 Å². The number of nitrogens with two attached hydrogens (primary N) is 1. The lowest BCUT2D eigenvalue weighted by molar-refractivity contribution is -0.129. The van der Waals surface area contributed by atoms with Gasteiger partial charge in [-0.2, -0.15) is 0 Å². The molecule has 2 N–H and O–H groups in total. The van der Waals surface area contributed by atoms with Crippen molar-refractivity contribution in [2.75, 3.05) is 33.4 Å². The largest absolute Gasteiger partial charge is 0.397 e. The molecule has 98 valence electrons. The van der Waals surface area contributed by atoms with Gasteiger partial charge in [0.25, 0.3) is 5.91 Å². The summed E-state index contributed by atoms with van der Waals surface area (Å²) >= 11 is 0. The maximum atomic E-state index is 12.1. The molecule has 0 saturated heterocycles. The van der Waals surface area contributed by atoms with Crippen molar-refractivity contribution in [1.29, 1.82) is 0 Å². The van der Waals surface area contributed by atoms with E-state index in [0.29, 0.717) is 16.9 Å². The van der Waals surface area contributed by atoms with Gasteiger partial charge in [-0.25, -0.2) is 0 Å². The second-order valence-electron chi connectivity index (χ2n) is 4.35. The highest BCUT2D eigenvalue weighted by Gasteiger charge is 2.18. The average Bonchev–Trinajstić information content (AvgIpc) is 2.31. The molecule has 0 fully saturated rings. The molecule has 1 aromatic rings. The van der Waals surface area contributed by atoms with E-state index in [9.17, 15) is 9.59 Å². The Hall–Kier alpha value is -2.11. The van der Waals surface area contributed by atoms with E-state index in [2.05, 4.69) is 4.98 Å². The fourth-order valence-corrected chi connectivity index (χ4v) is 1.39.